The van der Waals surface area contributed by atoms with E-state index in [-0.39, 0.29) is 18.9 Å². The van der Waals surface area contributed by atoms with Crippen LogP contribution in [0.4, 0.5) is 0 Å². The smallest absolute Gasteiger partial charge is 0.220 e. The first-order valence-electron chi connectivity index (χ1n) is 34.6. The molecule has 0 aromatic carbocycles. The van der Waals surface area contributed by atoms with Gasteiger partial charge in [-0.3, -0.25) is 4.79 Å². The minimum absolute atomic E-state index is 0.240. The van der Waals surface area contributed by atoms with Crippen LogP contribution in [-0.2, 0) is 33.2 Å². The van der Waals surface area contributed by atoms with Crippen LogP contribution in [0.25, 0.3) is 0 Å². The Morgan fingerprint density at radius 3 is 1.16 bits per heavy atom. The quantitative estimate of drug-likeness (QED) is 0.0200. The van der Waals surface area contributed by atoms with Crippen LogP contribution < -0.4 is 5.32 Å². The Hall–Kier alpha value is -1.73. The Morgan fingerprint density at radius 1 is 0.407 bits per heavy atom. The van der Waals surface area contributed by atoms with Crippen molar-refractivity contribution in [3.8, 4) is 0 Å². The van der Waals surface area contributed by atoms with Crippen LogP contribution in [0.5, 0.6) is 0 Å². The monoisotopic (exact) mass is 1230 g/mol. The highest BCUT2D eigenvalue weighted by Crippen LogP contribution is 2.33. The van der Waals surface area contributed by atoms with Gasteiger partial charge in [0.1, 0.15) is 73.2 Å². The minimum Gasteiger partial charge on any atom is -0.394 e. The standard InChI is InChI=1S/C67H125NO18/c1-3-5-7-9-11-13-15-17-19-21-22-23-24-25-26-27-29-30-32-34-36-38-40-42-44-51(72)50(68-55(73)45-43-41-39-37-35-33-31-28-20-18-16-14-12-10-8-6-4-2)49-81-65-61(79)58(76)63(53(47-70)83-65)86-67-62(80)59(77)64(54(48-71)84-67)85-66-60(78)57(75)56(74)52(46-69)82-66/h34,36,42,44,50-54,56-67,69-72,74-80H,3-33,35,37-41,43,45-49H2,1-2H3,(H,68,73)/b36-34+,44-42+. The summed E-state index contributed by atoms with van der Waals surface area (Å²) in [5.74, 6) is -0.281. The van der Waals surface area contributed by atoms with Gasteiger partial charge in [0.15, 0.2) is 18.9 Å². The largest absolute Gasteiger partial charge is 0.394 e. The second-order valence-electron chi connectivity index (χ2n) is 25.0. The lowest BCUT2D eigenvalue weighted by molar-refractivity contribution is -0.379. The molecule has 0 radical (unpaired) electrons. The lowest BCUT2D eigenvalue weighted by Gasteiger charge is -2.48. The normalized spacial score (nSPS) is 28.9. The van der Waals surface area contributed by atoms with E-state index >= 15 is 0 Å². The van der Waals surface area contributed by atoms with E-state index in [1.54, 1.807) is 6.08 Å². The Balaban J connectivity index is 1.46. The second kappa shape index (κ2) is 49.9. The van der Waals surface area contributed by atoms with E-state index in [9.17, 15) is 61.0 Å². The molecule has 0 saturated carbocycles. The summed E-state index contributed by atoms with van der Waals surface area (Å²) in [5.41, 5.74) is 0. The average molecular weight is 1230 g/mol. The topological polar surface area (TPSA) is 307 Å². The summed E-state index contributed by atoms with van der Waals surface area (Å²) >= 11 is 0. The Bertz CT molecular complexity index is 1660. The van der Waals surface area contributed by atoms with Crippen molar-refractivity contribution in [3.05, 3.63) is 24.3 Å². The lowest BCUT2D eigenvalue weighted by Crippen LogP contribution is -2.66. The molecule has 506 valence electrons. The zero-order valence-electron chi connectivity index (χ0n) is 53.3. The van der Waals surface area contributed by atoms with Crippen molar-refractivity contribution in [1.82, 2.24) is 5.32 Å². The highest BCUT2D eigenvalue weighted by Gasteiger charge is 2.53. The van der Waals surface area contributed by atoms with Gasteiger partial charge in [0, 0.05) is 6.42 Å². The minimum atomic E-state index is -1.98. The summed E-state index contributed by atoms with van der Waals surface area (Å²) in [5, 5.41) is 120. The van der Waals surface area contributed by atoms with Gasteiger partial charge in [0.05, 0.1) is 38.6 Å². The number of carbonyl (C=O) groups is 1. The number of rotatable bonds is 53. The number of unbranched alkanes of at least 4 members (excludes halogenated alkanes) is 35. The summed E-state index contributed by atoms with van der Waals surface area (Å²) in [6, 6.07) is -0.986. The van der Waals surface area contributed by atoms with Crippen LogP contribution in [0.3, 0.4) is 0 Å². The van der Waals surface area contributed by atoms with Crippen LogP contribution in [0.15, 0.2) is 24.3 Å². The van der Waals surface area contributed by atoms with Crippen LogP contribution >= 0.6 is 0 Å². The first kappa shape index (κ1) is 78.5. The highest BCUT2D eigenvalue weighted by atomic mass is 16.8. The fourth-order valence-corrected chi connectivity index (χ4v) is 11.9. The number of aliphatic hydroxyl groups is 11. The van der Waals surface area contributed by atoms with Crippen molar-refractivity contribution < 1.29 is 89.4 Å². The van der Waals surface area contributed by atoms with Crippen molar-refractivity contribution in [1.29, 1.82) is 0 Å². The van der Waals surface area contributed by atoms with Gasteiger partial charge in [-0.2, -0.15) is 0 Å². The van der Waals surface area contributed by atoms with Crippen LogP contribution in [-0.4, -0.2) is 193 Å². The fraction of sp³-hybridized carbons (Fsp3) is 0.925. The highest BCUT2D eigenvalue weighted by molar-refractivity contribution is 5.76. The maximum absolute atomic E-state index is 13.4. The molecule has 3 fully saturated rings. The Kier molecular flexibility index (Phi) is 45.6. The van der Waals surface area contributed by atoms with E-state index in [0.29, 0.717) is 12.8 Å². The number of ether oxygens (including phenoxy) is 6. The number of aliphatic hydroxyl groups excluding tert-OH is 11. The maximum atomic E-state index is 13.4. The molecule has 3 heterocycles. The molecular formula is C67H125NO18. The predicted molar refractivity (Wildman–Crippen MR) is 333 cm³/mol. The van der Waals surface area contributed by atoms with Gasteiger partial charge in [-0.05, 0) is 32.1 Å². The number of hydrogen-bond acceptors (Lipinski definition) is 18. The van der Waals surface area contributed by atoms with Gasteiger partial charge < -0.3 is 89.9 Å². The number of nitrogens with one attached hydrogen (secondary N) is 1. The molecule has 17 atom stereocenters. The third kappa shape index (κ3) is 32.0. The summed E-state index contributed by atoms with van der Waals surface area (Å²) in [4.78, 5) is 13.4. The van der Waals surface area contributed by atoms with Crippen molar-refractivity contribution in [2.75, 3.05) is 26.4 Å². The van der Waals surface area contributed by atoms with E-state index in [1.807, 2.05) is 6.08 Å². The Morgan fingerprint density at radius 2 is 0.744 bits per heavy atom. The van der Waals surface area contributed by atoms with Crippen molar-refractivity contribution in [3.63, 3.8) is 0 Å². The molecule has 3 saturated heterocycles. The van der Waals surface area contributed by atoms with Crippen LogP contribution in [0, 0.1) is 0 Å². The molecule has 3 rings (SSSR count). The number of carbonyl (C=O) groups excluding carboxylic acids is 1. The molecular weight excluding hydrogens is 1110 g/mol. The van der Waals surface area contributed by atoms with Gasteiger partial charge in [0.25, 0.3) is 0 Å². The zero-order chi connectivity index (χ0) is 62.6. The second-order valence-corrected chi connectivity index (χ2v) is 25.0. The zero-order valence-corrected chi connectivity index (χ0v) is 53.3. The van der Waals surface area contributed by atoms with E-state index in [4.69, 9.17) is 28.4 Å². The van der Waals surface area contributed by atoms with Gasteiger partial charge in [-0.1, -0.05) is 250 Å². The predicted octanol–water partition coefficient (Wildman–Crippen LogP) is 8.66. The van der Waals surface area contributed by atoms with E-state index in [1.165, 1.54) is 193 Å². The summed E-state index contributed by atoms with van der Waals surface area (Å²) < 4.78 is 34.3. The van der Waals surface area contributed by atoms with Crippen molar-refractivity contribution in [2.45, 2.75) is 369 Å². The Labute approximate surface area is 518 Å². The van der Waals surface area contributed by atoms with Crippen molar-refractivity contribution >= 4 is 5.91 Å². The number of amides is 1. The molecule has 0 aromatic heterocycles. The van der Waals surface area contributed by atoms with Gasteiger partial charge in [-0.15, -0.1) is 0 Å². The number of hydrogen-bond donors (Lipinski definition) is 12. The van der Waals surface area contributed by atoms with Crippen molar-refractivity contribution in [2.24, 2.45) is 0 Å². The van der Waals surface area contributed by atoms with E-state index in [0.717, 1.165) is 38.5 Å². The molecule has 3 aliphatic rings. The fourth-order valence-electron chi connectivity index (χ4n) is 11.9. The van der Waals surface area contributed by atoms with E-state index in [2.05, 4.69) is 31.3 Å². The third-order valence-electron chi connectivity index (χ3n) is 17.5. The SMILES string of the molecule is CCCCCCCCCCCCCCCCCCCC/C=C/CC/C=C/C(O)C(COC1OC(CO)C(OC2OC(CO)C(OC3OC(CO)C(O)C(O)C3O)C(O)C2O)C(O)C1O)NC(=O)CCCCCCCCCCCCCCCCCCC. The third-order valence-corrected chi connectivity index (χ3v) is 17.5. The van der Waals surface area contributed by atoms with Gasteiger partial charge in [-0.25, -0.2) is 0 Å². The summed E-state index contributed by atoms with van der Waals surface area (Å²) in [6.45, 7) is 1.74. The molecule has 86 heavy (non-hydrogen) atoms. The molecule has 0 bridgehead atoms. The maximum Gasteiger partial charge on any atom is 0.220 e. The molecule has 0 spiro atoms. The first-order valence-corrected chi connectivity index (χ1v) is 34.6. The van der Waals surface area contributed by atoms with Crippen LogP contribution in [0.1, 0.15) is 264 Å². The van der Waals surface area contributed by atoms with E-state index < -0.39 is 124 Å². The average Bonchev–Trinajstić information content (AvgIpc) is 3.69. The molecule has 19 heteroatoms. The van der Waals surface area contributed by atoms with Gasteiger partial charge in [0.2, 0.25) is 5.91 Å². The molecule has 1 amide bonds. The summed E-state index contributed by atoms with van der Waals surface area (Å²) in [6.07, 6.45) is 28.7. The number of allylic oxidation sites excluding steroid dienone is 3. The van der Waals surface area contributed by atoms with Gasteiger partial charge >= 0.3 is 0 Å². The molecule has 0 aliphatic carbocycles. The molecule has 3 aliphatic heterocycles. The molecule has 12 N–H and O–H groups in total. The lowest BCUT2D eigenvalue weighted by atomic mass is 9.96. The molecule has 19 nitrogen and oxygen atoms in total. The first-order chi connectivity index (χ1) is 41.8. The molecule has 0 aromatic rings. The molecule has 17 unspecified atom stereocenters. The summed E-state index contributed by atoms with van der Waals surface area (Å²) in [7, 11) is 0. The van der Waals surface area contributed by atoms with Crippen LogP contribution in [0.2, 0.25) is 0 Å².